The predicted octanol–water partition coefficient (Wildman–Crippen LogP) is 5.27. The molecule has 0 saturated carbocycles. The molecule has 31 heavy (non-hydrogen) atoms. The van der Waals surface area contributed by atoms with Gasteiger partial charge in [0.15, 0.2) is 5.13 Å². The Morgan fingerprint density at radius 1 is 1.10 bits per heavy atom. The highest BCUT2D eigenvalue weighted by atomic mass is 32.2. The smallest absolute Gasteiger partial charge is 0.294 e. The van der Waals surface area contributed by atoms with Crippen molar-refractivity contribution in [3.63, 3.8) is 0 Å². The van der Waals surface area contributed by atoms with Gasteiger partial charge in [-0.3, -0.25) is 9.80 Å². The normalized spacial score (nSPS) is 16.5. The number of rotatable bonds is 4. The van der Waals surface area contributed by atoms with Gasteiger partial charge < -0.3 is 0 Å². The van der Waals surface area contributed by atoms with Gasteiger partial charge in [0, 0.05) is 30.6 Å². The predicted molar refractivity (Wildman–Crippen MR) is 118 cm³/mol. The van der Waals surface area contributed by atoms with Crippen LogP contribution in [0.25, 0.3) is 11.1 Å². The van der Waals surface area contributed by atoms with E-state index in [1.54, 1.807) is 36.1 Å². The lowest BCUT2D eigenvalue weighted by Crippen LogP contribution is -2.49. The molecule has 1 aliphatic heterocycles. The van der Waals surface area contributed by atoms with Crippen LogP contribution in [0.1, 0.15) is 12.1 Å². The fourth-order valence-corrected chi connectivity index (χ4v) is 5.82. The van der Waals surface area contributed by atoms with Gasteiger partial charge in [0.1, 0.15) is 15.8 Å². The van der Waals surface area contributed by atoms with E-state index in [4.69, 9.17) is 4.78 Å². The van der Waals surface area contributed by atoms with Gasteiger partial charge in [0.2, 0.25) is 0 Å². The first-order valence-corrected chi connectivity index (χ1v) is 12.3. The maximum Gasteiger partial charge on any atom is 0.330 e. The second kappa shape index (κ2) is 8.01. The SMILES string of the molecule is Cc1nc(N2CCCN(c3ccc(-c4cc(F)ccc4F)cc3)C2=O)sc1S(C)(=N)=O. The molecule has 0 bridgehead atoms. The molecule has 3 aromatic rings. The molecule has 1 atom stereocenters. The molecule has 2 heterocycles. The molecular formula is C21H20F2N4O2S2. The molecule has 6 nitrogen and oxygen atoms in total. The zero-order chi connectivity index (χ0) is 22.3. The van der Waals surface area contributed by atoms with Gasteiger partial charge in [-0.15, -0.1) is 0 Å². The van der Waals surface area contributed by atoms with Crippen LogP contribution in [0.2, 0.25) is 0 Å². The number of nitrogens with zero attached hydrogens (tertiary/aromatic N) is 3. The van der Waals surface area contributed by atoms with Crippen LogP contribution in [0.4, 0.5) is 24.4 Å². The van der Waals surface area contributed by atoms with Gasteiger partial charge in [-0.05, 0) is 49.2 Å². The fraction of sp³-hybridized carbons (Fsp3) is 0.238. The Morgan fingerprint density at radius 2 is 1.77 bits per heavy atom. The standard InChI is InChI=1S/C21H20F2N4O2S2/c1-13-19(31(2,24)29)30-20(25-13)27-11-3-10-26(21(27)28)16-7-4-14(5-8-16)17-12-15(22)6-9-18(17)23/h4-9,12,24H,3,10-11H2,1-2H3. The highest BCUT2D eigenvalue weighted by Crippen LogP contribution is 2.33. The van der Waals surface area contributed by atoms with E-state index < -0.39 is 21.4 Å². The van der Waals surface area contributed by atoms with Crippen molar-refractivity contribution in [1.82, 2.24) is 4.98 Å². The molecule has 1 aromatic heterocycles. The zero-order valence-corrected chi connectivity index (χ0v) is 18.5. The Balaban J connectivity index is 1.61. The topological polar surface area (TPSA) is 77.4 Å². The molecule has 2 amide bonds. The molecule has 1 aliphatic rings. The number of benzene rings is 2. The number of carbonyl (C=O) groups is 1. The van der Waals surface area contributed by atoms with E-state index in [2.05, 4.69) is 4.98 Å². The summed E-state index contributed by atoms with van der Waals surface area (Å²) in [4.78, 5) is 20.6. The van der Waals surface area contributed by atoms with Crippen LogP contribution in [-0.4, -0.2) is 34.6 Å². The monoisotopic (exact) mass is 462 g/mol. The summed E-state index contributed by atoms with van der Waals surface area (Å²) in [6.07, 6.45) is 2.03. The van der Waals surface area contributed by atoms with Crippen molar-refractivity contribution in [2.24, 2.45) is 0 Å². The van der Waals surface area contributed by atoms with Crippen LogP contribution in [0.3, 0.4) is 0 Å². The van der Waals surface area contributed by atoms with Crippen molar-refractivity contribution in [2.45, 2.75) is 17.6 Å². The summed E-state index contributed by atoms with van der Waals surface area (Å²) in [5, 5.41) is 0.419. The third-order valence-electron chi connectivity index (χ3n) is 4.97. The van der Waals surface area contributed by atoms with E-state index in [9.17, 15) is 17.8 Å². The minimum absolute atomic E-state index is 0.155. The fourth-order valence-electron chi connectivity index (χ4n) is 3.53. The lowest BCUT2D eigenvalue weighted by Gasteiger charge is -2.34. The second-order valence-electron chi connectivity index (χ2n) is 7.32. The number of amides is 2. The molecule has 1 fully saturated rings. The van der Waals surface area contributed by atoms with Gasteiger partial charge in [-0.1, -0.05) is 23.5 Å². The number of thiazole rings is 1. The van der Waals surface area contributed by atoms with Crippen molar-refractivity contribution < 1.29 is 17.8 Å². The Morgan fingerprint density at radius 3 is 2.42 bits per heavy atom. The van der Waals surface area contributed by atoms with Gasteiger partial charge in [-0.25, -0.2) is 27.5 Å². The van der Waals surface area contributed by atoms with Crippen LogP contribution in [0, 0.1) is 23.3 Å². The van der Waals surface area contributed by atoms with Crippen molar-refractivity contribution in [3.8, 4) is 11.1 Å². The number of hydrogen-bond acceptors (Lipinski definition) is 5. The Labute approximate surface area is 183 Å². The van der Waals surface area contributed by atoms with Crippen molar-refractivity contribution in [3.05, 3.63) is 59.8 Å². The highest BCUT2D eigenvalue weighted by Gasteiger charge is 2.31. The summed E-state index contributed by atoms with van der Waals surface area (Å²) < 4.78 is 47.9. The van der Waals surface area contributed by atoms with E-state index in [0.29, 0.717) is 45.8 Å². The summed E-state index contributed by atoms with van der Waals surface area (Å²) in [6, 6.07) is 9.71. The largest absolute Gasteiger partial charge is 0.330 e. The Hall–Kier alpha value is -2.85. The summed E-state index contributed by atoms with van der Waals surface area (Å²) in [6.45, 7) is 2.66. The molecule has 1 saturated heterocycles. The number of halogens is 2. The van der Waals surface area contributed by atoms with Crippen molar-refractivity contribution >= 4 is 37.9 Å². The van der Waals surface area contributed by atoms with Gasteiger partial charge >= 0.3 is 6.03 Å². The average Bonchev–Trinajstić information content (AvgIpc) is 3.12. The van der Waals surface area contributed by atoms with E-state index >= 15 is 0 Å². The van der Waals surface area contributed by atoms with E-state index in [-0.39, 0.29) is 11.6 Å². The molecular weight excluding hydrogens is 442 g/mol. The maximum atomic E-state index is 14.1. The van der Waals surface area contributed by atoms with Crippen LogP contribution in [0.5, 0.6) is 0 Å². The van der Waals surface area contributed by atoms with Crippen LogP contribution in [-0.2, 0) is 9.73 Å². The summed E-state index contributed by atoms with van der Waals surface area (Å²) in [7, 11) is -2.93. The molecule has 0 aliphatic carbocycles. The van der Waals surface area contributed by atoms with E-state index in [0.717, 1.165) is 29.5 Å². The lowest BCUT2D eigenvalue weighted by molar-refractivity contribution is 0.248. The molecule has 1 N–H and O–H groups in total. The average molecular weight is 463 g/mol. The number of urea groups is 1. The first kappa shape index (κ1) is 21.4. The second-order valence-corrected chi connectivity index (χ2v) is 10.7. The maximum absolute atomic E-state index is 14.1. The minimum atomic E-state index is -2.93. The first-order chi connectivity index (χ1) is 14.6. The van der Waals surface area contributed by atoms with Crippen LogP contribution in [0.15, 0.2) is 46.7 Å². The van der Waals surface area contributed by atoms with Gasteiger partial charge in [-0.2, -0.15) is 0 Å². The zero-order valence-electron chi connectivity index (χ0n) is 16.9. The molecule has 10 heteroatoms. The summed E-state index contributed by atoms with van der Waals surface area (Å²) in [5.41, 5.74) is 1.79. The molecule has 162 valence electrons. The number of nitrogens with one attached hydrogen (secondary N) is 1. The third-order valence-corrected chi connectivity index (χ3v) is 8.15. The van der Waals surface area contributed by atoms with E-state index in [1.165, 1.54) is 11.2 Å². The highest BCUT2D eigenvalue weighted by molar-refractivity contribution is 7.93. The first-order valence-electron chi connectivity index (χ1n) is 9.51. The lowest BCUT2D eigenvalue weighted by atomic mass is 10.0. The molecule has 0 spiro atoms. The number of carbonyl (C=O) groups excluding carboxylic acids is 1. The molecule has 4 rings (SSSR count). The molecule has 2 aromatic carbocycles. The van der Waals surface area contributed by atoms with Crippen LogP contribution >= 0.6 is 11.3 Å². The van der Waals surface area contributed by atoms with Crippen molar-refractivity contribution in [1.29, 1.82) is 4.78 Å². The van der Waals surface area contributed by atoms with Crippen LogP contribution < -0.4 is 9.80 Å². The number of anilines is 2. The van der Waals surface area contributed by atoms with E-state index in [1.807, 2.05) is 0 Å². The molecule has 1 unspecified atom stereocenters. The Kier molecular flexibility index (Phi) is 5.52. The Bertz CT molecular complexity index is 1260. The number of aromatic nitrogens is 1. The number of aryl methyl sites for hydroxylation is 1. The minimum Gasteiger partial charge on any atom is -0.294 e. The molecule has 0 radical (unpaired) electrons. The third kappa shape index (κ3) is 4.17. The van der Waals surface area contributed by atoms with Crippen molar-refractivity contribution in [2.75, 3.05) is 29.1 Å². The van der Waals surface area contributed by atoms with Gasteiger partial charge in [0.05, 0.1) is 15.4 Å². The van der Waals surface area contributed by atoms with Gasteiger partial charge in [0.25, 0.3) is 0 Å². The quantitative estimate of drug-likeness (QED) is 0.574. The summed E-state index contributed by atoms with van der Waals surface area (Å²) in [5.74, 6) is -1.05. The number of hydrogen-bond donors (Lipinski definition) is 1. The summed E-state index contributed by atoms with van der Waals surface area (Å²) >= 11 is 1.10.